The summed E-state index contributed by atoms with van der Waals surface area (Å²) in [6.45, 7) is 0. The summed E-state index contributed by atoms with van der Waals surface area (Å²) in [6.07, 6.45) is -1.85. The number of imide groups is 1. The Kier molecular flexibility index (Phi) is 3.29. The molecule has 2 aromatic carbocycles. The van der Waals surface area contributed by atoms with Crippen LogP contribution in [0.3, 0.4) is 0 Å². The van der Waals surface area contributed by atoms with Gasteiger partial charge in [-0.3, -0.25) is 14.5 Å². The van der Waals surface area contributed by atoms with E-state index in [4.69, 9.17) is 0 Å². The van der Waals surface area contributed by atoms with Crippen LogP contribution in [0.1, 0.15) is 32.3 Å². The number of nitrogens with zero attached hydrogens (tertiary/aromatic N) is 1. The van der Waals surface area contributed by atoms with Gasteiger partial charge in [0, 0.05) is 0 Å². The molecule has 0 saturated carbocycles. The van der Waals surface area contributed by atoms with Crippen molar-refractivity contribution < 1.29 is 19.8 Å². The minimum Gasteiger partial charge on any atom is -0.366 e. The maximum atomic E-state index is 12.4. The summed E-state index contributed by atoms with van der Waals surface area (Å²) >= 11 is 0. The van der Waals surface area contributed by atoms with E-state index < -0.39 is 24.1 Å². The molecule has 3 rings (SSSR count). The number of aliphatic hydroxyl groups excluding tert-OH is 1. The number of benzene rings is 2. The Hall–Kier alpha value is -2.50. The van der Waals surface area contributed by atoms with Crippen molar-refractivity contribution in [2.75, 3.05) is 0 Å². The lowest BCUT2D eigenvalue weighted by atomic mass is 10.0. The van der Waals surface area contributed by atoms with Gasteiger partial charge in [0.05, 0.1) is 11.1 Å². The summed E-state index contributed by atoms with van der Waals surface area (Å²) in [7, 11) is 0. The average molecular weight is 283 g/mol. The van der Waals surface area contributed by atoms with Gasteiger partial charge in [-0.2, -0.15) is 0 Å². The third-order valence-corrected chi connectivity index (χ3v) is 3.53. The van der Waals surface area contributed by atoms with Crippen molar-refractivity contribution in [3.05, 3.63) is 71.3 Å². The molecule has 0 saturated heterocycles. The number of amides is 2. The van der Waals surface area contributed by atoms with E-state index in [9.17, 15) is 19.8 Å². The quantitative estimate of drug-likeness (QED) is 0.658. The Morgan fingerprint density at radius 1 is 0.762 bits per heavy atom. The second-order valence-electron chi connectivity index (χ2n) is 4.80. The summed E-state index contributed by atoms with van der Waals surface area (Å²) < 4.78 is 0. The van der Waals surface area contributed by atoms with Crippen molar-refractivity contribution in [3.8, 4) is 0 Å². The van der Waals surface area contributed by atoms with Gasteiger partial charge < -0.3 is 10.2 Å². The lowest BCUT2D eigenvalue weighted by Gasteiger charge is -2.27. The minimum absolute atomic E-state index is 0.282. The molecule has 0 radical (unpaired) electrons. The lowest BCUT2D eigenvalue weighted by Crippen LogP contribution is -2.40. The fourth-order valence-corrected chi connectivity index (χ4v) is 2.57. The van der Waals surface area contributed by atoms with E-state index in [2.05, 4.69) is 0 Å². The summed E-state index contributed by atoms with van der Waals surface area (Å²) in [4.78, 5) is 25.7. The summed E-state index contributed by atoms with van der Waals surface area (Å²) in [5.41, 5.74) is 1.05. The van der Waals surface area contributed by atoms with E-state index in [1.165, 1.54) is 0 Å². The number of aliphatic hydroxyl groups is 2. The maximum Gasteiger partial charge on any atom is 0.262 e. The summed E-state index contributed by atoms with van der Waals surface area (Å²) in [5.74, 6) is -1.03. The molecule has 0 spiro atoms. The molecule has 1 atom stereocenters. The van der Waals surface area contributed by atoms with Crippen molar-refractivity contribution in [2.24, 2.45) is 0 Å². The molecule has 5 heteroatoms. The Labute approximate surface area is 121 Å². The molecule has 1 aliphatic heterocycles. The van der Waals surface area contributed by atoms with E-state index >= 15 is 0 Å². The number of hydrogen-bond acceptors (Lipinski definition) is 4. The highest BCUT2D eigenvalue weighted by molar-refractivity contribution is 6.21. The topological polar surface area (TPSA) is 77.8 Å². The first-order valence-corrected chi connectivity index (χ1v) is 6.49. The molecule has 1 aliphatic rings. The van der Waals surface area contributed by atoms with Crippen LogP contribution in [0.5, 0.6) is 0 Å². The molecule has 0 aliphatic carbocycles. The Bertz CT molecular complexity index is 661. The Morgan fingerprint density at radius 2 is 1.24 bits per heavy atom. The molecule has 21 heavy (non-hydrogen) atoms. The van der Waals surface area contributed by atoms with Crippen LogP contribution in [0.2, 0.25) is 0 Å². The van der Waals surface area contributed by atoms with Crippen LogP contribution in [0.15, 0.2) is 54.6 Å². The third-order valence-electron chi connectivity index (χ3n) is 3.53. The van der Waals surface area contributed by atoms with Crippen LogP contribution in [0, 0.1) is 0 Å². The number of fused-ring (bicyclic) bond motifs is 1. The molecule has 5 nitrogen and oxygen atoms in total. The van der Waals surface area contributed by atoms with Gasteiger partial charge in [0.2, 0.25) is 0 Å². The highest BCUT2D eigenvalue weighted by Gasteiger charge is 2.42. The highest BCUT2D eigenvalue weighted by Crippen LogP contribution is 2.32. The van der Waals surface area contributed by atoms with Crippen molar-refractivity contribution in [3.63, 3.8) is 0 Å². The second kappa shape index (κ2) is 5.12. The van der Waals surface area contributed by atoms with Gasteiger partial charge >= 0.3 is 0 Å². The fraction of sp³-hybridized carbons (Fsp3) is 0.125. The normalized spacial score (nSPS) is 15.5. The van der Waals surface area contributed by atoms with E-state index in [1.807, 2.05) is 0 Å². The smallest absolute Gasteiger partial charge is 0.262 e. The van der Waals surface area contributed by atoms with Crippen LogP contribution in [0.25, 0.3) is 0 Å². The first kappa shape index (κ1) is 13.5. The van der Waals surface area contributed by atoms with Crippen LogP contribution in [0.4, 0.5) is 0 Å². The largest absolute Gasteiger partial charge is 0.366 e. The number of hydrogen-bond donors (Lipinski definition) is 2. The number of carbonyl (C=O) groups is 2. The monoisotopic (exact) mass is 283 g/mol. The van der Waals surface area contributed by atoms with Crippen molar-refractivity contribution in [1.82, 2.24) is 4.90 Å². The third kappa shape index (κ3) is 2.12. The van der Waals surface area contributed by atoms with Crippen LogP contribution in [-0.4, -0.2) is 33.2 Å². The summed E-state index contributed by atoms with van der Waals surface area (Å²) in [6, 6.07) is 13.8. The number of rotatable bonds is 3. The zero-order valence-corrected chi connectivity index (χ0v) is 11.0. The number of carbonyl (C=O) groups excluding carboxylic acids is 2. The fourth-order valence-electron chi connectivity index (χ4n) is 2.57. The highest BCUT2D eigenvalue weighted by atomic mass is 16.5. The summed E-state index contributed by atoms with van der Waals surface area (Å²) in [5, 5.41) is 19.3. The first-order valence-electron chi connectivity index (χ1n) is 6.49. The van der Waals surface area contributed by atoms with Crippen molar-refractivity contribution in [1.29, 1.82) is 0 Å². The van der Waals surface area contributed by atoms with Crippen LogP contribution in [-0.2, 0) is 0 Å². The standard InChI is InChI=1S/C16H13NO4/c18-14-11-8-4-5-9-12(11)15(19)17(14)13(16(20)21)10-6-2-1-3-7-10/h1-9,13,16,20-21H/t13-/m0/s1. The molecule has 1 heterocycles. The van der Waals surface area contributed by atoms with Gasteiger partial charge in [0.1, 0.15) is 6.04 Å². The molecule has 2 N–H and O–H groups in total. The van der Waals surface area contributed by atoms with E-state index in [1.54, 1.807) is 54.6 Å². The van der Waals surface area contributed by atoms with Gasteiger partial charge in [0.25, 0.3) is 11.8 Å². The maximum absolute atomic E-state index is 12.4. The SMILES string of the molecule is O=C1c2ccccc2C(=O)N1[C@@H](c1ccccc1)C(O)O. The van der Waals surface area contributed by atoms with Gasteiger partial charge in [-0.05, 0) is 17.7 Å². The first-order chi connectivity index (χ1) is 10.1. The van der Waals surface area contributed by atoms with Gasteiger partial charge in [-0.25, -0.2) is 0 Å². The van der Waals surface area contributed by atoms with Crippen molar-refractivity contribution >= 4 is 11.8 Å². The van der Waals surface area contributed by atoms with Gasteiger partial charge in [0.15, 0.2) is 6.29 Å². The molecule has 0 unspecified atom stereocenters. The van der Waals surface area contributed by atoms with Gasteiger partial charge in [-0.15, -0.1) is 0 Å². The lowest BCUT2D eigenvalue weighted by molar-refractivity contribution is -0.0878. The molecule has 0 bridgehead atoms. The van der Waals surface area contributed by atoms with Crippen LogP contribution >= 0.6 is 0 Å². The van der Waals surface area contributed by atoms with E-state index in [0.29, 0.717) is 5.56 Å². The molecular weight excluding hydrogens is 270 g/mol. The predicted octanol–water partition coefficient (Wildman–Crippen LogP) is 1.33. The van der Waals surface area contributed by atoms with Crippen LogP contribution < -0.4 is 0 Å². The molecule has 0 aromatic heterocycles. The Balaban J connectivity index is 2.07. The molecular formula is C16H13NO4. The predicted molar refractivity (Wildman–Crippen MR) is 74.4 cm³/mol. The zero-order valence-electron chi connectivity index (χ0n) is 11.0. The Morgan fingerprint density at radius 3 is 1.71 bits per heavy atom. The van der Waals surface area contributed by atoms with E-state index in [0.717, 1.165) is 4.90 Å². The van der Waals surface area contributed by atoms with E-state index in [-0.39, 0.29) is 11.1 Å². The minimum atomic E-state index is -1.85. The average Bonchev–Trinajstić information content (AvgIpc) is 2.74. The van der Waals surface area contributed by atoms with Gasteiger partial charge in [-0.1, -0.05) is 42.5 Å². The zero-order chi connectivity index (χ0) is 15.0. The molecule has 2 aromatic rings. The molecule has 0 fully saturated rings. The van der Waals surface area contributed by atoms with Crippen molar-refractivity contribution in [2.45, 2.75) is 12.3 Å². The second-order valence-corrected chi connectivity index (χ2v) is 4.80. The molecule has 2 amide bonds. The molecule has 106 valence electrons.